The molecular formula is C17H26N4O3. The van der Waals surface area contributed by atoms with Gasteiger partial charge in [0.2, 0.25) is 0 Å². The van der Waals surface area contributed by atoms with Gasteiger partial charge in [-0.1, -0.05) is 44.7 Å². The Morgan fingerprint density at radius 1 is 1.21 bits per heavy atom. The van der Waals surface area contributed by atoms with E-state index in [2.05, 4.69) is 33.8 Å². The van der Waals surface area contributed by atoms with E-state index in [4.69, 9.17) is 5.11 Å². The molecule has 0 bridgehead atoms. The quantitative estimate of drug-likeness (QED) is 0.469. The molecule has 1 fully saturated rings. The van der Waals surface area contributed by atoms with Gasteiger partial charge in [0.15, 0.2) is 0 Å². The number of carboxylic acid groups (broad SMARTS) is 1. The van der Waals surface area contributed by atoms with Crippen molar-refractivity contribution < 1.29 is 14.7 Å². The SMILES string of the molecule is C[C@@H](CNC(=O)NNNc1ccc(CC2CCCC2)cc1)C(=O)O. The first-order valence-corrected chi connectivity index (χ1v) is 8.41. The van der Waals surface area contributed by atoms with Gasteiger partial charge in [-0.3, -0.25) is 10.2 Å². The van der Waals surface area contributed by atoms with E-state index in [9.17, 15) is 9.59 Å². The second-order valence-corrected chi connectivity index (χ2v) is 6.38. The highest BCUT2D eigenvalue weighted by Gasteiger charge is 2.15. The highest BCUT2D eigenvalue weighted by molar-refractivity contribution is 5.75. The van der Waals surface area contributed by atoms with Gasteiger partial charge in [-0.25, -0.2) is 4.79 Å². The fourth-order valence-corrected chi connectivity index (χ4v) is 2.81. The van der Waals surface area contributed by atoms with Gasteiger partial charge in [-0.15, -0.1) is 5.53 Å². The molecule has 5 N–H and O–H groups in total. The van der Waals surface area contributed by atoms with Crippen molar-refractivity contribution in [3.05, 3.63) is 29.8 Å². The van der Waals surface area contributed by atoms with Gasteiger partial charge in [-0.05, 0) is 30.0 Å². The summed E-state index contributed by atoms with van der Waals surface area (Å²) in [6.45, 7) is 1.60. The number of hydrogen-bond donors (Lipinski definition) is 5. The predicted octanol–water partition coefficient (Wildman–Crippen LogP) is 2.27. The van der Waals surface area contributed by atoms with Gasteiger partial charge in [0.05, 0.1) is 11.6 Å². The summed E-state index contributed by atoms with van der Waals surface area (Å²) in [5, 5.41) is 11.2. The molecule has 1 aromatic carbocycles. The van der Waals surface area contributed by atoms with Crippen molar-refractivity contribution in [1.29, 1.82) is 0 Å². The number of aliphatic carboxylic acids is 1. The first-order chi connectivity index (χ1) is 11.5. The summed E-state index contributed by atoms with van der Waals surface area (Å²) in [6, 6.07) is 7.62. The van der Waals surface area contributed by atoms with Crippen molar-refractivity contribution >= 4 is 17.7 Å². The first kappa shape index (κ1) is 18.1. The molecule has 24 heavy (non-hydrogen) atoms. The molecule has 0 heterocycles. The van der Waals surface area contributed by atoms with Gasteiger partial charge in [0, 0.05) is 6.54 Å². The largest absolute Gasteiger partial charge is 0.481 e. The van der Waals surface area contributed by atoms with Crippen LogP contribution < -0.4 is 21.7 Å². The van der Waals surface area contributed by atoms with Crippen molar-refractivity contribution in [2.75, 3.05) is 12.0 Å². The molecule has 2 amide bonds. The highest BCUT2D eigenvalue weighted by Crippen LogP contribution is 2.28. The number of anilines is 1. The third-order valence-corrected chi connectivity index (χ3v) is 4.33. The standard InChI is InChI=1S/C17H26N4O3/c1-12(16(22)23)11-18-17(24)20-21-19-15-8-6-14(7-9-15)10-13-4-2-3-5-13/h6-9,12-13,19,21H,2-5,10-11H2,1H3,(H,22,23)(H2,18,20,24)/t12-/m0/s1. The van der Waals surface area contributed by atoms with Crippen LogP contribution in [-0.2, 0) is 11.2 Å². The maximum atomic E-state index is 11.5. The molecule has 1 saturated carbocycles. The molecule has 0 saturated heterocycles. The molecule has 1 aromatic rings. The van der Waals surface area contributed by atoms with E-state index in [1.807, 2.05) is 12.1 Å². The molecule has 0 unspecified atom stereocenters. The fourth-order valence-electron chi connectivity index (χ4n) is 2.81. The Hall–Kier alpha value is -2.28. The van der Waals surface area contributed by atoms with Gasteiger partial charge in [-0.2, -0.15) is 0 Å². The lowest BCUT2D eigenvalue weighted by Gasteiger charge is -2.13. The van der Waals surface area contributed by atoms with E-state index < -0.39 is 17.9 Å². The van der Waals surface area contributed by atoms with E-state index in [0.29, 0.717) is 0 Å². The third-order valence-electron chi connectivity index (χ3n) is 4.33. The Labute approximate surface area is 142 Å². The molecule has 7 nitrogen and oxygen atoms in total. The van der Waals surface area contributed by atoms with Gasteiger partial charge < -0.3 is 15.8 Å². The summed E-state index contributed by atoms with van der Waals surface area (Å²) in [5.74, 6) is -0.754. The van der Waals surface area contributed by atoms with E-state index in [1.165, 1.54) is 38.2 Å². The lowest BCUT2D eigenvalue weighted by molar-refractivity contribution is -0.140. The Balaban J connectivity index is 1.64. The second kappa shape index (κ2) is 9.12. The molecule has 1 atom stereocenters. The first-order valence-electron chi connectivity index (χ1n) is 8.41. The van der Waals surface area contributed by atoms with Gasteiger partial charge >= 0.3 is 12.0 Å². The van der Waals surface area contributed by atoms with Crippen LogP contribution in [-0.4, -0.2) is 23.7 Å². The van der Waals surface area contributed by atoms with Crippen LogP contribution in [0.25, 0.3) is 0 Å². The van der Waals surface area contributed by atoms with Crippen LogP contribution in [0.4, 0.5) is 10.5 Å². The fraction of sp³-hybridized carbons (Fsp3) is 0.529. The zero-order chi connectivity index (χ0) is 17.4. The van der Waals surface area contributed by atoms with Crippen molar-refractivity contribution in [3.8, 4) is 0 Å². The normalized spacial score (nSPS) is 15.7. The second-order valence-electron chi connectivity index (χ2n) is 6.38. The van der Waals surface area contributed by atoms with Crippen LogP contribution in [0, 0.1) is 11.8 Å². The smallest absolute Gasteiger partial charge is 0.330 e. The van der Waals surface area contributed by atoms with Gasteiger partial charge in [0.1, 0.15) is 0 Å². The zero-order valence-electron chi connectivity index (χ0n) is 14.0. The van der Waals surface area contributed by atoms with Crippen LogP contribution in [0.5, 0.6) is 0 Å². The summed E-state index contributed by atoms with van der Waals surface area (Å²) in [5.41, 5.74) is 10.0. The Morgan fingerprint density at radius 2 is 1.88 bits per heavy atom. The van der Waals surface area contributed by atoms with Crippen LogP contribution in [0.1, 0.15) is 38.2 Å². The van der Waals surface area contributed by atoms with Crippen LogP contribution in [0.2, 0.25) is 0 Å². The number of nitrogens with one attached hydrogen (secondary N) is 4. The minimum absolute atomic E-state index is 0.0682. The molecule has 1 aliphatic rings. The number of urea groups is 1. The van der Waals surface area contributed by atoms with Gasteiger partial charge in [0.25, 0.3) is 0 Å². The summed E-state index contributed by atoms with van der Waals surface area (Å²) in [6.07, 6.45) is 6.51. The average Bonchev–Trinajstić information content (AvgIpc) is 3.07. The third kappa shape index (κ3) is 6.08. The van der Waals surface area contributed by atoms with Crippen molar-refractivity contribution in [2.45, 2.75) is 39.0 Å². The number of amides is 2. The van der Waals surface area contributed by atoms with E-state index >= 15 is 0 Å². The van der Waals surface area contributed by atoms with Crippen molar-refractivity contribution in [1.82, 2.24) is 16.3 Å². The highest BCUT2D eigenvalue weighted by atomic mass is 16.4. The Bertz CT molecular complexity index is 541. The summed E-state index contributed by atoms with van der Waals surface area (Å²) < 4.78 is 0. The lowest BCUT2D eigenvalue weighted by atomic mass is 9.98. The predicted molar refractivity (Wildman–Crippen MR) is 92.2 cm³/mol. The van der Waals surface area contributed by atoms with E-state index in [1.54, 1.807) is 0 Å². The topological polar surface area (TPSA) is 102 Å². The Morgan fingerprint density at radius 3 is 2.50 bits per heavy atom. The number of hydrogen-bond acceptors (Lipinski definition) is 4. The number of benzene rings is 1. The number of carboxylic acids is 1. The minimum atomic E-state index is -0.945. The van der Waals surface area contributed by atoms with Crippen LogP contribution >= 0.6 is 0 Å². The summed E-state index contributed by atoms with van der Waals surface area (Å²) >= 11 is 0. The number of carbonyl (C=O) groups is 2. The monoisotopic (exact) mass is 334 g/mol. The van der Waals surface area contributed by atoms with Crippen LogP contribution in [0.15, 0.2) is 24.3 Å². The lowest BCUT2D eigenvalue weighted by Crippen LogP contribution is -2.48. The minimum Gasteiger partial charge on any atom is -0.481 e. The molecule has 132 valence electrons. The summed E-state index contributed by atoms with van der Waals surface area (Å²) in [7, 11) is 0. The molecule has 0 radical (unpaired) electrons. The molecule has 0 aliphatic heterocycles. The average molecular weight is 334 g/mol. The number of hydrazine groups is 2. The number of rotatable bonds is 8. The van der Waals surface area contributed by atoms with E-state index in [-0.39, 0.29) is 6.54 Å². The molecule has 2 rings (SSSR count). The van der Waals surface area contributed by atoms with E-state index in [0.717, 1.165) is 18.0 Å². The van der Waals surface area contributed by atoms with Crippen molar-refractivity contribution in [3.63, 3.8) is 0 Å². The number of carbonyl (C=O) groups excluding carboxylic acids is 1. The maximum Gasteiger partial charge on any atom is 0.330 e. The van der Waals surface area contributed by atoms with Crippen molar-refractivity contribution in [2.24, 2.45) is 11.8 Å². The zero-order valence-corrected chi connectivity index (χ0v) is 14.0. The molecule has 0 spiro atoms. The maximum absolute atomic E-state index is 11.5. The Kier molecular flexibility index (Phi) is 6.87. The molecule has 7 heteroatoms. The molecule has 0 aromatic heterocycles. The summed E-state index contributed by atoms with van der Waals surface area (Å²) in [4.78, 5) is 22.1. The molecule has 1 aliphatic carbocycles. The molecular weight excluding hydrogens is 308 g/mol. The van der Waals surface area contributed by atoms with Crippen LogP contribution in [0.3, 0.4) is 0 Å².